The predicted molar refractivity (Wildman–Crippen MR) is 102 cm³/mol. The molecule has 1 saturated carbocycles. The van der Waals surface area contributed by atoms with Crippen LogP contribution in [0.5, 0.6) is 0 Å². The van der Waals surface area contributed by atoms with Crippen molar-refractivity contribution < 1.29 is 4.79 Å². The summed E-state index contributed by atoms with van der Waals surface area (Å²) in [5.41, 5.74) is 0. The lowest BCUT2D eigenvalue weighted by Gasteiger charge is -2.16. The van der Waals surface area contributed by atoms with E-state index in [4.69, 9.17) is 0 Å². The van der Waals surface area contributed by atoms with Crippen LogP contribution in [0.2, 0.25) is 0 Å². The molecule has 1 amide bonds. The molecule has 0 aliphatic heterocycles. The highest BCUT2D eigenvalue weighted by Gasteiger charge is 2.12. The number of rotatable bonds is 7. The molecule has 1 aliphatic carbocycles. The number of amides is 1. The lowest BCUT2D eigenvalue weighted by atomic mass is 10.1. The molecule has 0 radical (unpaired) electrons. The fourth-order valence-corrected chi connectivity index (χ4v) is 3.70. The number of hydrogen-bond donors (Lipinski definition) is 2. The predicted octanol–water partition coefficient (Wildman–Crippen LogP) is 3.98. The van der Waals surface area contributed by atoms with Gasteiger partial charge in [-0.25, -0.2) is 4.98 Å². The van der Waals surface area contributed by atoms with Gasteiger partial charge >= 0.3 is 0 Å². The lowest BCUT2D eigenvalue weighted by molar-refractivity contribution is 0.0957. The van der Waals surface area contributed by atoms with Crippen LogP contribution in [0.25, 0.3) is 0 Å². The van der Waals surface area contributed by atoms with Crippen LogP contribution in [0, 0.1) is 0 Å². The molecule has 4 nitrogen and oxygen atoms in total. The SMILES string of the molecule is CCCc1ncc(C(=O)NCCNC2CCCCCC2)s1.Cl.Cl. The van der Waals surface area contributed by atoms with Crippen LogP contribution in [-0.4, -0.2) is 30.0 Å². The summed E-state index contributed by atoms with van der Waals surface area (Å²) in [6.45, 7) is 3.67. The maximum Gasteiger partial charge on any atom is 0.263 e. The van der Waals surface area contributed by atoms with Gasteiger partial charge in [-0.3, -0.25) is 4.79 Å². The number of aryl methyl sites for hydroxylation is 1. The highest BCUT2D eigenvalue weighted by molar-refractivity contribution is 7.13. The highest BCUT2D eigenvalue weighted by atomic mass is 35.5. The van der Waals surface area contributed by atoms with Crippen LogP contribution in [0.15, 0.2) is 6.20 Å². The summed E-state index contributed by atoms with van der Waals surface area (Å²) in [7, 11) is 0. The van der Waals surface area contributed by atoms with Crippen molar-refractivity contribution in [1.82, 2.24) is 15.6 Å². The molecule has 134 valence electrons. The number of aromatic nitrogens is 1. The molecule has 2 N–H and O–H groups in total. The minimum absolute atomic E-state index is 0. The Labute approximate surface area is 156 Å². The van der Waals surface area contributed by atoms with E-state index in [2.05, 4.69) is 22.5 Å². The molecular weight excluding hydrogens is 353 g/mol. The number of carbonyl (C=O) groups is 1. The second-order valence-electron chi connectivity index (χ2n) is 5.77. The van der Waals surface area contributed by atoms with Gasteiger partial charge in [0.2, 0.25) is 0 Å². The molecule has 1 aromatic rings. The first-order valence-electron chi connectivity index (χ1n) is 8.26. The molecule has 1 heterocycles. The second-order valence-corrected chi connectivity index (χ2v) is 6.88. The Balaban J connectivity index is 0.00000242. The van der Waals surface area contributed by atoms with E-state index < -0.39 is 0 Å². The summed E-state index contributed by atoms with van der Waals surface area (Å²) in [5.74, 6) is 0.0116. The molecule has 0 unspecified atom stereocenters. The smallest absolute Gasteiger partial charge is 0.263 e. The Morgan fingerprint density at radius 3 is 2.57 bits per heavy atom. The van der Waals surface area contributed by atoms with Crippen LogP contribution < -0.4 is 10.6 Å². The number of halogens is 2. The quantitative estimate of drug-likeness (QED) is 0.554. The van der Waals surface area contributed by atoms with E-state index in [0.717, 1.165) is 29.3 Å². The van der Waals surface area contributed by atoms with Crippen LogP contribution in [-0.2, 0) is 6.42 Å². The Morgan fingerprint density at radius 2 is 1.91 bits per heavy atom. The lowest BCUT2D eigenvalue weighted by Crippen LogP contribution is -2.36. The first kappa shape index (κ1) is 22.6. The first-order valence-corrected chi connectivity index (χ1v) is 9.07. The van der Waals surface area contributed by atoms with Gasteiger partial charge in [-0.15, -0.1) is 36.2 Å². The van der Waals surface area contributed by atoms with Crippen LogP contribution in [0.1, 0.15) is 66.5 Å². The number of thiazole rings is 1. The maximum absolute atomic E-state index is 12.0. The summed E-state index contributed by atoms with van der Waals surface area (Å²) >= 11 is 1.51. The molecule has 1 aromatic heterocycles. The van der Waals surface area contributed by atoms with Gasteiger partial charge in [0.25, 0.3) is 5.91 Å². The molecule has 0 atom stereocenters. The molecule has 0 bridgehead atoms. The van der Waals surface area contributed by atoms with Crippen molar-refractivity contribution in [2.45, 2.75) is 64.3 Å². The zero-order valence-electron chi connectivity index (χ0n) is 13.8. The normalized spacial score (nSPS) is 15.2. The zero-order valence-corrected chi connectivity index (χ0v) is 16.3. The highest BCUT2D eigenvalue weighted by Crippen LogP contribution is 2.17. The summed E-state index contributed by atoms with van der Waals surface area (Å²) in [6.07, 6.45) is 11.7. The van der Waals surface area contributed by atoms with Crippen molar-refractivity contribution in [3.8, 4) is 0 Å². The van der Waals surface area contributed by atoms with Crippen molar-refractivity contribution in [2.24, 2.45) is 0 Å². The minimum atomic E-state index is 0. The molecule has 2 rings (SSSR count). The summed E-state index contributed by atoms with van der Waals surface area (Å²) < 4.78 is 0. The number of carbonyl (C=O) groups excluding carboxylic acids is 1. The maximum atomic E-state index is 12.0. The van der Waals surface area contributed by atoms with Crippen molar-refractivity contribution in [1.29, 1.82) is 0 Å². The monoisotopic (exact) mass is 381 g/mol. The fraction of sp³-hybridized carbons (Fsp3) is 0.750. The van der Waals surface area contributed by atoms with Gasteiger partial charge in [-0.05, 0) is 25.7 Å². The van der Waals surface area contributed by atoms with Gasteiger partial charge < -0.3 is 10.6 Å². The summed E-state index contributed by atoms with van der Waals surface area (Å²) in [5, 5.41) is 7.60. The Bertz CT molecular complexity index is 435. The third-order valence-electron chi connectivity index (χ3n) is 3.94. The molecular formula is C16H29Cl2N3OS. The van der Waals surface area contributed by atoms with Crippen molar-refractivity contribution in [2.75, 3.05) is 13.1 Å². The van der Waals surface area contributed by atoms with E-state index in [9.17, 15) is 4.79 Å². The van der Waals surface area contributed by atoms with Gasteiger partial charge in [-0.1, -0.05) is 32.6 Å². The third-order valence-corrected chi connectivity index (χ3v) is 5.00. The van der Waals surface area contributed by atoms with Crippen LogP contribution >= 0.6 is 36.2 Å². The van der Waals surface area contributed by atoms with E-state index in [0.29, 0.717) is 12.6 Å². The third kappa shape index (κ3) is 8.34. The Hall–Kier alpha value is -0.360. The molecule has 23 heavy (non-hydrogen) atoms. The van der Waals surface area contributed by atoms with Gasteiger partial charge in [0.1, 0.15) is 4.88 Å². The van der Waals surface area contributed by atoms with Crippen molar-refractivity contribution >= 4 is 42.1 Å². The van der Waals surface area contributed by atoms with Crippen molar-refractivity contribution in [3.05, 3.63) is 16.1 Å². The van der Waals surface area contributed by atoms with Crippen molar-refractivity contribution in [3.63, 3.8) is 0 Å². The number of nitrogens with one attached hydrogen (secondary N) is 2. The topological polar surface area (TPSA) is 54.0 Å². The average Bonchev–Trinajstić information content (AvgIpc) is 2.80. The Morgan fingerprint density at radius 1 is 1.22 bits per heavy atom. The van der Waals surface area contributed by atoms with Gasteiger partial charge in [0.15, 0.2) is 0 Å². The largest absolute Gasteiger partial charge is 0.350 e. The van der Waals surface area contributed by atoms with E-state index >= 15 is 0 Å². The van der Waals surface area contributed by atoms with E-state index in [1.165, 1.54) is 49.9 Å². The van der Waals surface area contributed by atoms with E-state index in [1.54, 1.807) is 6.20 Å². The van der Waals surface area contributed by atoms with Gasteiger partial charge in [-0.2, -0.15) is 0 Å². The first-order chi connectivity index (χ1) is 10.3. The molecule has 1 aliphatic rings. The van der Waals surface area contributed by atoms with Crippen LogP contribution in [0.3, 0.4) is 0 Å². The van der Waals surface area contributed by atoms with E-state index in [1.807, 2.05) is 0 Å². The Kier molecular flexibility index (Phi) is 12.8. The molecule has 0 aromatic carbocycles. The van der Waals surface area contributed by atoms with Crippen LogP contribution in [0.4, 0.5) is 0 Å². The zero-order chi connectivity index (χ0) is 14.9. The standard InChI is InChI=1S/C16H27N3OS.2ClH/c1-2-7-15-19-12-14(21-15)16(20)18-11-10-17-13-8-5-3-4-6-9-13;;/h12-13,17H,2-11H2,1H3,(H,18,20);2*1H. The average molecular weight is 382 g/mol. The second kappa shape index (κ2) is 13.0. The number of nitrogens with zero attached hydrogens (tertiary/aromatic N) is 1. The molecule has 0 spiro atoms. The molecule has 0 saturated heterocycles. The van der Waals surface area contributed by atoms with E-state index in [-0.39, 0.29) is 30.7 Å². The van der Waals surface area contributed by atoms with Gasteiger partial charge in [0, 0.05) is 19.1 Å². The molecule has 1 fully saturated rings. The van der Waals surface area contributed by atoms with Gasteiger partial charge in [0.05, 0.1) is 11.2 Å². The fourth-order valence-electron chi connectivity index (χ4n) is 2.77. The molecule has 7 heteroatoms. The number of hydrogen-bond acceptors (Lipinski definition) is 4. The minimum Gasteiger partial charge on any atom is -0.350 e. The summed E-state index contributed by atoms with van der Waals surface area (Å²) in [4.78, 5) is 17.0. The summed E-state index contributed by atoms with van der Waals surface area (Å²) in [6, 6.07) is 0.643.